The Hall–Kier alpha value is -1.88. The maximum absolute atomic E-state index is 12.7. The van der Waals surface area contributed by atoms with E-state index in [1.54, 1.807) is 0 Å². The van der Waals surface area contributed by atoms with Crippen LogP contribution in [-0.4, -0.2) is 46.1 Å². The molecule has 1 aliphatic heterocycles. The standard InChI is InChI=1S/C19H25N3O2/c1-13-5-4-6-14-19(13)21-17(20-14)9-10-18(23)22-11-12-24-16-8-3-2-7-15(16)22/h4-6,15-16H,2-3,7-12H2,1H3,(H,20,21). The van der Waals surface area contributed by atoms with Crippen LogP contribution in [0.2, 0.25) is 0 Å². The molecule has 2 aromatic rings. The molecule has 0 bridgehead atoms. The zero-order chi connectivity index (χ0) is 16.5. The molecule has 1 saturated carbocycles. The monoisotopic (exact) mass is 327 g/mol. The first-order valence-electron chi connectivity index (χ1n) is 9.07. The average molecular weight is 327 g/mol. The van der Waals surface area contributed by atoms with Crippen LogP contribution in [0, 0.1) is 6.92 Å². The second-order valence-electron chi connectivity index (χ2n) is 7.00. The third-order valence-electron chi connectivity index (χ3n) is 5.39. The van der Waals surface area contributed by atoms with Crippen LogP contribution in [0.5, 0.6) is 0 Å². The summed E-state index contributed by atoms with van der Waals surface area (Å²) in [7, 11) is 0. The van der Waals surface area contributed by atoms with Crippen molar-refractivity contribution in [1.82, 2.24) is 14.9 Å². The number of hydrogen-bond donors (Lipinski definition) is 1. The van der Waals surface area contributed by atoms with Crippen LogP contribution >= 0.6 is 0 Å². The number of rotatable bonds is 3. The molecule has 2 fully saturated rings. The molecule has 128 valence electrons. The van der Waals surface area contributed by atoms with Crippen molar-refractivity contribution in [1.29, 1.82) is 0 Å². The van der Waals surface area contributed by atoms with E-state index in [0.29, 0.717) is 19.4 Å². The number of aromatic amines is 1. The summed E-state index contributed by atoms with van der Waals surface area (Å²) < 4.78 is 5.87. The molecule has 5 heteroatoms. The first-order chi connectivity index (χ1) is 11.7. The lowest BCUT2D eigenvalue weighted by Gasteiger charge is -2.43. The summed E-state index contributed by atoms with van der Waals surface area (Å²) in [5.74, 6) is 1.15. The topological polar surface area (TPSA) is 58.2 Å². The van der Waals surface area contributed by atoms with Crippen molar-refractivity contribution in [3.63, 3.8) is 0 Å². The van der Waals surface area contributed by atoms with E-state index in [9.17, 15) is 4.79 Å². The largest absolute Gasteiger partial charge is 0.374 e. The predicted molar refractivity (Wildman–Crippen MR) is 92.9 cm³/mol. The molecule has 1 aromatic carbocycles. The Kier molecular flexibility index (Phi) is 4.27. The van der Waals surface area contributed by atoms with Crippen molar-refractivity contribution in [2.24, 2.45) is 0 Å². The van der Waals surface area contributed by atoms with Crippen molar-refractivity contribution in [3.05, 3.63) is 29.6 Å². The number of nitrogens with one attached hydrogen (secondary N) is 1. The van der Waals surface area contributed by atoms with Gasteiger partial charge in [0.2, 0.25) is 5.91 Å². The number of aryl methyl sites for hydroxylation is 2. The maximum atomic E-state index is 12.7. The molecule has 0 radical (unpaired) electrons. The predicted octanol–water partition coefficient (Wildman–Crippen LogP) is 2.97. The zero-order valence-corrected chi connectivity index (χ0v) is 14.3. The Labute approximate surface area is 142 Å². The van der Waals surface area contributed by atoms with Crippen LogP contribution in [-0.2, 0) is 16.0 Å². The van der Waals surface area contributed by atoms with Gasteiger partial charge in [0.05, 0.1) is 29.8 Å². The molecule has 1 aromatic heterocycles. The normalized spacial score (nSPS) is 24.1. The number of benzene rings is 1. The zero-order valence-electron chi connectivity index (χ0n) is 14.3. The third kappa shape index (κ3) is 2.93. The quantitative estimate of drug-likeness (QED) is 0.943. The minimum atomic E-state index is 0.243. The van der Waals surface area contributed by atoms with Gasteiger partial charge in [-0.05, 0) is 31.4 Å². The number of nitrogens with zero attached hydrogens (tertiary/aromatic N) is 2. The second-order valence-corrected chi connectivity index (χ2v) is 7.00. The smallest absolute Gasteiger partial charge is 0.223 e. The molecule has 4 rings (SSSR count). The summed E-state index contributed by atoms with van der Waals surface area (Å²) in [4.78, 5) is 22.8. The van der Waals surface area contributed by atoms with E-state index in [0.717, 1.165) is 36.2 Å². The lowest BCUT2D eigenvalue weighted by Crippen LogP contribution is -2.54. The van der Waals surface area contributed by atoms with Crippen molar-refractivity contribution in [2.75, 3.05) is 13.2 Å². The Morgan fingerprint density at radius 3 is 3.12 bits per heavy atom. The van der Waals surface area contributed by atoms with Gasteiger partial charge in [0.1, 0.15) is 5.82 Å². The van der Waals surface area contributed by atoms with Crippen LogP contribution in [0.15, 0.2) is 18.2 Å². The van der Waals surface area contributed by atoms with E-state index in [1.807, 2.05) is 12.1 Å². The maximum Gasteiger partial charge on any atom is 0.223 e. The van der Waals surface area contributed by atoms with Crippen LogP contribution in [0.3, 0.4) is 0 Å². The molecular weight excluding hydrogens is 302 g/mol. The molecule has 1 amide bonds. The van der Waals surface area contributed by atoms with Crippen molar-refractivity contribution >= 4 is 16.9 Å². The molecule has 1 N–H and O–H groups in total. The number of hydrogen-bond acceptors (Lipinski definition) is 3. The fraction of sp³-hybridized carbons (Fsp3) is 0.579. The summed E-state index contributed by atoms with van der Waals surface area (Å²) in [6.07, 6.45) is 6.05. The minimum Gasteiger partial charge on any atom is -0.374 e. The summed E-state index contributed by atoms with van der Waals surface area (Å²) in [5.41, 5.74) is 3.23. The second kappa shape index (κ2) is 6.55. The van der Waals surface area contributed by atoms with Crippen LogP contribution in [0.1, 0.15) is 43.5 Å². The Morgan fingerprint density at radius 2 is 2.25 bits per heavy atom. The number of amides is 1. The molecule has 0 spiro atoms. The first kappa shape index (κ1) is 15.6. The van der Waals surface area contributed by atoms with Crippen molar-refractivity contribution < 1.29 is 9.53 Å². The van der Waals surface area contributed by atoms with Gasteiger partial charge in [0.15, 0.2) is 0 Å². The number of aromatic nitrogens is 2. The molecule has 1 aliphatic carbocycles. The summed E-state index contributed by atoms with van der Waals surface area (Å²) in [5, 5.41) is 0. The van der Waals surface area contributed by atoms with Crippen molar-refractivity contribution in [2.45, 2.75) is 57.6 Å². The first-order valence-corrected chi connectivity index (χ1v) is 9.07. The van der Waals surface area contributed by atoms with Gasteiger partial charge in [-0.15, -0.1) is 0 Å². The molecule has 2 heterocycles. The van der Waals surface area contributed by atoms with Gasteiger partial charge in [0.25, 0.3) is 0 Å². The highest BCUT2D eigenvalue weighted by Gasteiger charge is 2.36. The van der Waals surface area contributed by atoms with Gasteiger partial charge in [-0.25, -0.2) is 4.98 Å². The van der Waals surface area contributed by atoms with Gasteiger partial charge in [0, 0.05) is 19.4 Å². The summed E-state index contributed by atoms with van der Waals surface area (Å²) in [6.45, 7) is 3.48. The molecule has 2 unspecified atom stereocenters. The highest BCUT2D eigenvalue weighted by Crippen LogP contribution is 2.29. The van der Waals surface area contributed by atoms with Gasteiger partial charge < -0.3 is 14.6 Å². The van der Waals surface area contributed by atoms with E-state index in [4.69, 9.17) is 4.74 Å². The average Bonchev–Trinajstić information content (AvgIpc) is 3.04. The Bertz CT molecular complexity index is 737. The molecule has 24 heavy (non-hydrogen) atoms. The number of para-hydroxylation sites is 1. The number of carbonyl (C=O) groups is 1. The lowest BCUT2D eigenvalue weighted by molar-refractivity contribution is -0.149. The van der Waals surface area contributed by atoms with Crippen molar-refractivity contribution in [3.8, 4) is 0 Å². The van der Waals surface area contributed by atoms with Crippen LogP contribution in [0.25, 0.3) is 11.0 Å². The molecule has 2 aliphatic rings. The molecule has 2 atom stereocenters. The molecule has 1 saturated heterocycles. The highest BCUT2D eigenvalue weighted by molar-refractivity contribution is 5.79. The number of morpholine rings is 1. The highest BCUT2D eigenvalue weighted by atomic mass is 16.5. The van der Waals surface area contributed by atoms with Gasteiger partial charge in [-0.3, -0.25) is 4.79 Å². The number of H-pyrrole nitrogens is 1. The Balaban J connectivity index is 1.42. The summed E-state index contributed by atoms with van der Waals surface area (Å²) >= 11 is 0. The number of fused-ring (bicyclic) bond motifs is 2. The van der Waals surface area contributed by atoms with Gasteiger partial charge in [-0.2, -0.15) is 0 Å². The van der Waals surface area contributed by atoms with E-state index in [-0.39, 0.29) is 18.1 Å². The van der Waals surface area contributed by atoms with E-state index in [2.05, 4.69) is 27.9 Å². The molecular formula is C19H25N3O2. The van der Waals surface area contributed by atoms with E-state index in [1.165, 1.54) is 18.4 Å². The minimum absolute atomic E-state index is 0.243. The van der Waals surface area contributed by atoms with Gasteiger partial charge in [-0.1, -0.05) is 25.0 Å². The van der Waals surface area contributed by atoms with Crippen LogP contribution < -0.4 is 0 Å². The van der Waals surface area contributed by atoms with Crippen LogP contribution in [0.4, 0.5) is 0 Å². The third-order valence-corrected chi connectivity index (χ3v) is 5.39. The number of ether oxygens (including phenoxy) is 1. The molecule has 5 nitrogen and oxygen atoms in total. The fourth-order valence-electron chi connectivity index (χ4n) is 4.12. The summed E-state index contributed by atoms with van der Waals surface area (Å²) in [6, 6.07) is 6.42. The lowest BCUT2D eigenvalue weighted by atomic mass is 9.90. The number of carbonyl (C=O) groups excluding carboxylic acids is 1. The Morgan fingerprint density at radius 1 is 1.38 bits per heavy atom. The van der Waals surface area contributed by atoms with Gasteiger partial charge >= 0.3 is 0 Å². The van der Waals surface area contributed by atoms with E-state index >= 15 is 0 Å². The fourth-order valence-corrected chi connectivity index (χ4v) is 4.12. The SMILES string of the molecule is Cc1cccc2[nH]c(CCC(=O)N3CCOC4CCCCC43)nc12. The number of imidazole rings is 1. The van der Waals surface area contributed by atoms with E-state index < -0.39 is 0 Å².